The highest BCUT2D eigenvalue weighted by molar-refractivity contribution is 6.30. The van der Waals surface area contributed by atoms with E-state index in [1.165, 1.54) is 0 Å². The molecule has 0 aromatic heterocycles. The van der Waals surface area contributed by atoms with Crippen LogP contribution in [0.15, 0.2) is 24.3 Å². The average Bonchev–Trinajstić information content (AvgIpc) is 2.50. The van der Waals surface area contributed by atoms with E-state index in [0.717, 1.165) is 5.56 Å². The molecule has 132 valence electrons. The normalized spacial score (nSPS) is 11.5. The summed E-state index contributed by atoms with van der Waals surface area (Å²) in [6, 6.07) is 6.26. The van der Waals surface area contributed by atoms with Crippen LogP contribution in [0, 0.1) is 5.41 Å². The predicted octanol–water partition coefficient (Wildman–Crippen LogP) is 0.262. The van der Waals surface area contributed by atoms with Crippen molar-refractivity contribution >= 4 is 29.4 Å². The van der Waals surface area contributed by atoms with Gasteiger partial charge in [-0.3, -0.25) is 10.2 Å². The second kappa shape index (κ2) is 10.5. The molecule has 1 aromatic carbocycles. The molecule has 24 heavy (non-hydrogen) atoms. The molecule has 1 rings (SSSR count). The van der Waals surface area contributed by atoms with Crippen LogP contribution < -0.4 is 21.7 Å². The van der Waals surface area contributed by atoms with Gasteiger partial charge in [0.1, 0.15) is 6.04 Å². The number of guanidine groups is 1. The number of carbonyl (C=O) groups is 2. The van der Waals surface area contributed by atoms with Crippen molar-refractivity contribution in [3.63, 3.8) is 0 Å². The monoisotopic (exact) mass is 355 g/mol. The van der Waals surface area contributed by atoms with Gasteiger partial charge in [0.25, 0.3) is 0 Å². The van der Waals surface area contributed by atoms with E-state index < -0.39 is 17.9 Å². The first-order chi connectivity index (χ1) is 11.4. The fraction of sp³-hybridized carbons (Fsp3) is 0.400. The van der Waals surface area contributed by atoms with E-state index in [0.29, 0.717) is 24.5 Å². The first kappa shape index (κ1) is 19.7. The topological polar surface area (TPSA) is 140 Å². The molecule has 0 aliphatic rings. The molecular formula is C15H22ClN5O3. The van der Waals surface area contributed by atoms with Gasteiger partial charge in [-0.05, 0) is 30.5 Å². The summed E-state index contributed by atoms with van der Waals surface area (Å²) in [5.74, 6) is -1.67. The first-order valence-corrected chi connectivity index (χ1v) is 7.81. The van der Waals surface area contributed by atoms with Crippen molar-refractivity contribution in [1.29, 1.82) is 5.41 Å². The summed E-state index contributed by atoms with van der Waals surface area (Å²) in [7, 11) is 0. The minimum Gasteiger partial charge on any atom is -0.480 e. The van der Waals surface area contributed by atoms with Gasteiger partial charge in [-0.25, -0.2) is 4.79 Å². The number of nitrogens with two attached hydrogens (primary N) is 1. The van der Waals surface area contributed by atoms with Gasteiger partial charge in [0.15, 0.2) is 5.96 Å². The molecule has 0 heterocycles. The molecule has 0 saturated heterocycles. The molecule has 0 saturated carbocycles. The molecule has 0 aliphatic carbocycles. The number of nitrogens with one attached hydrogen (secondary N) is 4. The number of halogens is 1. The molecule has 0 aliphatic heterocycles. The number of hydrogen-bond acceptors (Lipinski definition) is 4. The Hall–Kier alpha value is -2.32. The number of hydrogen-bond donors (Lipinski definition) is 6. The zero-order valence-corrected chi connectivity index (χ0v) is 13.9. The van der Waals surface area contributed by atoms with Crippen LogP contribution in [0.2, 0.25) is 5.02 Å². The van der Waals surface area contributed by atoms with Crippen LogP contribution in [0.3, 0.4) is 0 Å². The zero-order chi connectivity index (χ0) is 17.9. The van der Waals surface area contributed by atoms with Crippen LogP contribution in [-0.4, -0.2) is 42.1 Å². The van der Waals surface area contributed by atoms with Gasteiger partial charge in [-0.15, -0.1) is 0 Å². The lowest BCUT2D eigenvalue weighted by molar-refractivity contribution is -0.141. The van der Waals surface area contributed by atoms with Crippen LogP contribution in [-0.2, 0) is 16.1 Å². The van der Waals surface area contributed by atoms with E-state index in [1.54, 1.807) is 12.1 Å². The lowest BCUT2D eigenvalue weighted by atomic mass is 10.1. The number of rotatable bonds is 10. The number of amides is 1. The zero-order valence-electron chi connectivity index (χ0n) is 13.1. The van der Waals surface area contributed by atoms with E-state index in [2.05, 4.69) is 16.0 Å². The molecule has 0 radical (unpaired) electrons. The predicted molar refractivity (Wildman–Crippen MR) is 91.9 cm³/mol. The molecule has 7 N–H and O–H groups in total. The highest BCUT2D eigenvalue weighted by Gasteiger charge is 2.19. The minimum absolute atomic E-state index is 0.00197. The third kappa shape index (κ3) is 8.35. The van der Waals surface area contributed by atoms with Crippen LogP contribution in [0.4, 0.5) is 0 Å². The highest BCUT2D eigenvalue weighted by atomic mass is 35.5. The Balaban J connectivity index is 2.31. The largest absolute Gasteiger partial charge is 0.480 e. The van der Waals surface area contributed by atoms with Gasteiger partial charge in [-0.1, -0.05) is 23.7 Å². The van der Waals surface area contributed by atoms with Gasteiger partial charge in [0.2, 0.25) is 5.91 Å². The van der Waals surface area contributed by atoms with Crippen molar-refractivity contribution in [2.45, 2.75) is 25.4 Å². The van der Waals surface area contributed by atoms with Gasteiger partial charge in [0, 0.05) is 18.1 Å². The lowest BCUT2D eigenvalue weighted by Gasteiger charge is -2.15. The van der Waals surface area contributed by atoms with Crippen LogP contribution >= 0.6 is 11.6 Å². The van der Waals surface area contributed by atoms with Crippen molar-refractivity contribution in [3.8, 4) is 0 Å². The summed E-state index contributed by atoms with van der Waals surface area (Å²) in [6.45, 7) is 0.832. The third-order valence-electron chi connectivity index (χ3n) is 3.12. The first-order valence-electron chi connectivity index (χ1n) is 7.43. The standard InChI is InChI=1S/C15H22ClN5O3/c16-11-4-1-3-10(7-11)8-19-9-13(22)21-12(14(23)24)5-2-6-20-15(17)18/h1,3-4,7,12,19H,2,5-6,8-9H2,(H,21,22)(H,23,24)(H4,17,18,20)/t12-/m0/s1. The SMILES string of the molecule is N=C(N)NCCC[C@H](NC(=O)CNCc1cccc(Cl)c1)C(=O)O. The maximum Gasteiger partial charge on any atom is 0.326 e. The maximum atomic E-state index is 11.8. The summed E-state index contributed by atoms with van der Waals surface area (Å²) in [6.07, 6.45) is 0.711. The van der Waals surface area contributed by atoms with E-state index in [1.807, 2.05) is 12.1 Å². The fourth-order valence-corrected chi connectivity index (χ4v) is 2.21. The molecule has 0 fully saturated rings. The highest BCUT2D eigenvalue weighted by Crippen LogP contribution is 2.10. The Morgan fingerprint density at radius 1 is 1.38 bits per heavy atom. The molecule has 9 heteroatoms. The van der Waals surface area contributed by atoms with Crippen LogP contribution in [0.25, 0.3) is 0 Å². The van der Waals surface area contributed by atoms with Crippen molar-refractivity contribution in [2.75, 3.05) is 13.1 Å². The number of carboxylic acids is 1. The van der Waals surface area contributed by atoms with E-state index in [4.69, 9.17) is 27.9 Å². The molecule has 0 unspecified atom stereocenters. The molecule has 1 atom stereocenters. The van der Waals surface area contributed by atoms with Crippen molar-refractivity contribution in [2.24, 2.45) is 5.73 Å². The quantitative estimate of drug-likeness (QED) is 0.202. The van der Waals surface area contributed by atoms with Gasteiger partial charge in [0.05, 0.1) is 6.54 Å². The Kier molecular flexibility index (Phi) is 8.59. The van der Waals surface area contributed by atoms with Crippen molar-refractivity contribution < 1.29 is 14.7 Å². The lowest BCUT2D eigenvalue weighted by Crippen LogP contribution is -2.45. The molecule has 8 nitrogen and oxygen atoms in total. The van der Waals surface area contributed by atoms with E-state index >= 15 is 0 Å². The summed E-state index contributed by atoms with van der Waals surface area (Å²) in [5, 5.41) is 24.7. The summed E-state index contributed by atoms with van der Waals surface area (Å²) >= 11 is 5.87. The number of benzene rings is 1. The van der Waals surface area contributed by atoms with E-state index in [9.17, 15) is 9.59 Å². The van der Waals surface area contributed by atoms with Crippen molar-refractivity contribution in [1.82, 2.24) is 16.0 Å². The number of aliphatic carboxylic acids is 1. The molecule has 1 aromatic rings. The molecule has 0 spiro atoms. The summed E-state index contributed by atoms with van der Waals surface area (Å²) < 4.78 is 0. The average molecular weight is 356 g/mol. The van der Waals surface area contributed by atoms with Crippen LogP contribution in [0.1, 0.15) is 18.4 Å². The van der Waals surface area contributed by atoms with Crippen molar-refractivity contribution in [3.05, 3.63) is 34.9 Å². The Morgan fingerprint density at radius 2 is 2.12 bits per heavy atom. The second-order valence-electron chi connectivity index (χ2n) is 5.17. The molecular weight excluding hydrogens is 334 g/mol. The van der Waals surface area contributed by atoms with Crippen LogP contribution in [0.5, 0.6) is 0 Å². The van der Waals surface area contributed by atoms with Gasteiger partial charge < -0.3 is 26.8 Å². The van der Waals surface area contributed by atoms with E-state index in [-0.39, 0.29) is 18.9 Å². The van der Waals surface area contributed by atoms with Gasteiger partial charge >= 0.3 is 5.97 Å². The molecule has 0 bridgehead atoms. The maximum absolute atomic E-state index is 11.8. The smallest absolute Gasteiger partial charge is 0.326 e. The number of carboxylic acid groups (broad SMARTS) is 1. The Labute approximate surface area is 145 Å². The minimum atomic E-state index is -1.10. The molecule has 1 amide bonds. The fourth-order valence-electron chi connectivity index (χ4n) is 2.00. The number of carbonyl (C=O) groups excluding carboxylic acids is 1. The second-order valence-corrected chi connectivity index (χ2v) is 5.61. The third-order valence-corrected chi connectivity index (χ3v) is 3.36. The Morgan fingerprint density at radius 3 is 2.75 bits per heavy atom. The Bertz CT molecular complexity index is 582. The summed E-state index contributed by atoms with van der Waals surface area (Å²) in [4.78, 5) is 23.0. The van der Waals surface area contributed by atoms with Gasteiger partial charge in [-0.2, -0.15) is 0 Å². The summed E-state index contributed by atoms with van der Waals surface area (Å²) in [5.41, 5.74) is 6.06.